The number of hydrogen-bond donors (Lipinski definition) is 2. The van der Waals surface area contributed by atoms with Crippen molar-refractivity contribution in [2.24, 2.45) is 0 Å². The molecule has 0 aromatic carbocycles. The van der Waals surface area contributed by atoms with Gasteiger partial charge in [0.1, 0.15) is 17.4 Å². The summed E-state index contributed by atoms with van der Waals surface area (Å²) in [5, 5.41) is 10.8. The second kappa shape index (κ2) is 12.1. The first-order valence-electron chi connectivity index (χ1n) is 11.7. The summed E-state index contributed by atoms with van der Waals surface area (Å²) in [4.78, 5) is 32.5. The number of likely N-dealkylation sites (N-methyl/N-ethyl adjacent to an activating group) is 1. The highest BCUT2D eigenvalue weighted by molar-refractivity contribution is 7.99. The maximum atomic E-state index is 13.9. The Bertz CT molecular complexity index is 1360. The van der Waals surface area contributed by atoms with Crippen molar-refractivity contribution in [1.82, 2.24) is 35.0 Å². The summed E-state index contributed by atoms with van der Waals surface area (Å²) in [6.45, 7) is 10.7. The molecule has 38 heavy (non-hydrogen) atoms. The Morgan fingerprint density at radius 3 is 2.63 bits per heavy atom. The van der Waals surface area contributed by atoms with Gasteiger partial charge in [0.05, 0.1) is 11.3 Å². The second-order valence-electron chi connectivity index (χ2n) is 8.49. The van der Waals surface area contributed by atoms with Gasteiger partial charge < -0.3 is 19.9 Å². The number of hydrogen-bond acceptors (Lipinski definition) is 11. The van der Waals surface area contributed by atoms with E-state index in [-0.39, 0.29) is 11.5 Å². The molecular formula is C24H27F2N9O2S. The molecule has 0 aliphatic carbocycles. The lowest BCUT2D eigenvalue weighted by Crippen LogP contribution is -2.44. The van der Waals surface area contributed by atoms with E-state index in [1.807, 2.05) is 19.1 Å². The first-order chi connectivity index (χ1) is 18.2. The number of nitrogens with zero attached hydrogens (tertiary/aromatic N) is 7. The zero-order valence-corrected chi connectivity index (χ0v) is 22.0. The van der Waals surface area contributed by atoms with Crippen LogP contribution in [0.25, 0.3) is 0 Å². The summed E-state index contributed by atoms with van der Waals surface area (Å²) in [7, 11) is 2.08. The van der Waals surface area contributed by atoms with Gasteiger partial charge in [0.25, 0.3) is 0 Å². The molecule has 3 aromatic heterocycles. The first-order valence-corrected chi connectivity index (χ1v) is 12.7. The number of anilines is 3. The molecule has 0 amide bonds. The third-order valence-corrected chi connectivity index (χ3v) is 6.48. The molecule has 0 radical (unpaired) electrons. The number of ether oxygens (including phenoxy) is 1. The summed E-state index contributed by atoms with van der Waals surface area (Å²) in [6, 6.07) is 3.75. The fourth-order valence-corrected chi connectivity index (χ4v) is 4.33. The minimum Gasteiger partial charge on any atom is -0.458 e. The van der Waals surface area contributed by atoms with E-state index < -0.39 is 23.4 Å². The van der Waals surface area contributed by atoms with E-state index in [4.69, 9.17) is 9.72 Å². The van der Waals surface area contributed by atoms with Crippen molar-refractivity contribution >= 4 is 35.0 Å². The Hall–Kier alpha value is -3.91. The predicted molar refractivity (Wildman–Crippen MR) is 139 cm³/mol. The van der Waals surface area contributed by atoms with E-state index in [0.29, 0.717) is 22.6 Å². The first kappa shape index (κ1) is 27.1. The highest BCUT2D eigenvalue weighted by Gasteiger charge is 2.21. The molecule has 4 heterocycles. The number of piperazine rings is 1. The Morgan fingerprint density at radius 1 is 1.21 bits per heavy atom. The van der Waals surface area contributed by atoms with Crippen molar-refractivity contribution in [3.8, 4) is 0 Å². The standard InChI is InChI=1S/C24H27F2N9O2S/c1-5-16(37-15(3)21(36)17-12-27-23(26)31-22(17)25)13-38-24-29-18(28-19-10-14(2)32-33-19)11-20(30-24)35-8-6-34(4)7-9-35/h5,10-12H,3,6-9,13H2,1-2,4H3,(H2,28,29,30,32,33). The van der Waals surface area contributed by atoms with Gasteiger partial charge in [-0.2, -0.15) is 18.9 Å². The summed E-state index contributed by atoms with van der Waals surface area (Å²) in [5.41, 5.74) is 0.374. The average Bonchev–Trinajstić information content (AvgIpc) is 3.30. The Balaban J connectivity index is 1.47. The number of ketones is 1. The largest absolute Gasteiger partial charge is 0.458 e. The van der Waals surface area contributed by atoms with Crippen molar-refractivity contribution in [1.29, 1.82) is 0 Å². The van der Waals surface area contributed by atoms with E-state index >= 15 is 0 Å². The van der Waals surface area contributed by atoms with Crippen molar-refractivity contribution < 1.29 is 18.3 Å². The van der Waals surface area contributed by atoms with E-state index in [9.17, 15) is 13.6 Å². The van der Waals surface area contributed by atoms with Crippen molar-refractivity contribution in [3.63, 3.8) is 0 Å². The van der Waals surface area contributed by atoms with Gasteiger partial charge in [-0.1, -0.05) is 18.3 Å². The molecular weight excluding hydrogens is 516 g/mol. The second-order valence-corrected chi connectivity index (χ2v) is 9.43. The summed E-state index contributed by atoms with van der Waals surface area (Å²) < 4.78 is 32.5. The molecule has 4 rings (SSSR count). The molecule has 0 bridgehead atoms. The number of allylic oxidation sites excluding steroid dienone is 2. The number of aromatic nitrogens is 6. The molecule has 11 nitrogen and oxygen atoms in total. The van der Waals surface area contributed by atoms with Crippen LogP contribution in [-0.2, 0) is 4.74 Å². The SMILES string of the molecule is C=C(OC(=CC)CSc1nc(Nc2cc(C)[nH]n2)cc(N2CCN(C)CC2)n1)C(=O)c1cnc(F)nc1F. The van der Waals surface area contributed by atoms with Crippen LogP contribution in [0.3, 0.4) is 0 Å². The van der Waals surface area contributed by atoms with E-state index in [0.717, 1.165) is 43.9 Å². The molecule has 1 aliphatic heterocycles. The fraction of sp³-hybridized carbons (Fsp3) is 0.333. The van der Waals surface area contributed by atoms with Crippen molar-refractivity contribution in [2.45, 2.75) is 19.0 Å². The topological polar surface area (TPSA) is 125 Å². The van der Waals surface area contributed by atoms with Crippen LogP contribution < -0.4 is 10.2 Å². The summed E-state index contributed by atoms with van der Waals surface area (Å²) >= 11 is 1.29. The normalized spacial score (nSPS) is 14.4. The molecule has 1 aliphatic rings. The van der Waals surface area contributed by atoms with Gasteiger partial charge in [0, 0.05) is 50.2 Å². The van der Waals surface area contributed by atoms with Gasteiger partial charge in [-0.15, -0.1) is 0 Å². The van der Waals surface area contributed by atoms with Crippen LogP contribution >= 0.6 is 11.8 Å². The van der Waals surface area contributed by atoms with Gasteiger partial charge in [-0.05, 0) is 27.0 Å². The van der Waals surface area contributed by atoms with Gasteiger partial charge >= 0.3 is 6.08 Å². The van der Waals surface area contributed by atoms with E-state index in [1.165, 1.54) is 11.8 Å². The number of aromatic amines is 1. The van der Waals surface area contributed by atoms with Crippen LogP contribution in [-0.4, -0.2) is 79.8 Å². The maximum absolute atomic E-state index is 13.9. The molecule has 0 unspecified atom stereocenters. The lowest BCUT2D eigenvalue weighted by molar-refractivity contribution is 0.0956. The average molecular weight is 544 g/mol. The van der Waals surface area contributed by atoms with Crippen LogP contribution in [0.2, 0.25) is 0 Å². The third kappa shape index (κ3) is 6.89. The molecule has 3 aromatic rings. The van der Waals surface area contributed by atoms with Gasteiger partial charge in [0.2, 0.25) is 11.7 Å². The molecule has 0 spiro atoms. The maximum Gasteiger partial charge on any atom is 0.311 e. The summed E-state index contributed by atoms with van der Waals surface area (Å²) in [5.74, 6) is 0.103. The highest BCUT2D eigenvalue weighted by atomic mass is 32.2. The van der Waals surface area contributed by atoms with Crippen LogP contribution in [0, 0.1) is 18.9 Å². The van der Waals surface area contributed by atoms with E-state index in [2.05, 4.69) is 53.9 Å². The number of rotatable bonds is 10. The zero-order chi connectivity index (χ0) is 27.2. The number of nitrogens with one attached hydrogen (secondary N) is 2. The molecule has 200 valence electrons. The number of H-pyrrole nitrogens is 1. The number of thioether (sulfide) groups is 1. The Labute approximate surface area is 222 Å². The number of aryl methyl sites for hydroxylation is 1. The van der Waals surface area contributed by atoms with Crippen molar-refractivity contribution in [3.05, 3.63) is 65.8 Å². The molecule has 1 fully saturated rings. The van der Waals surface area contributed by atoms with Crippen molar-refractivity contribution in [2.75, 3.05) is 49.2 Å². The molecule has 1 saturated heterocycles. The van der Waals surface area contributed by atoms with Gasteiger partial charge in [0.15, 0.2) is 16.7 Å². The minimum absolute atomic E-state index is 0.262. The van der Waals surface area contributed by atoms with Crippen LogP contribution in [0.1, 0.15) is 23.0 Å². The lowest BCUT2D eigenvalue weighted by atomic mass is 10.2. The fourth-order valence-electron chi connectivity index (χ4n) is 3.51. The molecule has 2 N–H and O–H groups in total. The number of Topliss-reactive ketones (excluding diaryl/α,β-unsaturated/α-hetero) is 1. The van der Waals surface area contributed by atoms with Crippen LogP contribution in [0.4, 0.5) is 26.2 Å². The highest BCUT2D eigenvalue weighted by Crippen LogP contribution is 2.26. The third-order valence-electron chi connectivity index (χ3n) is 5.61. The zero-order valence-electron chi connectivity index (χ0n) is 21.2. The number of halogens is 2. The van der Waals surface area contributed by atoms with Crippen LogP contribution in [0.5, 0.6) is 0 Å². The number of carbonyl (C=O) groups excluding carboxylic acids is 1. The molecule has 14 heteroatoms. The Kier molecular flexibility index (Phi) is 8.63. The molecule has 0 saturated carbocycles. The van der Waals surface area contributed by atoms with Gasteiger partial charge in [-0.25, -0.2) is 15.0 Å². The molecule has 0 atom stereocenters. The smallest absolute Gasteiger partial charge is 0.311 e. The van der Waals surface area contributed by atoms with Crippen LogP contribution in [0.15, 0.2) is 47.7 Å². The minimum atomic E-state index is -1.29. The predicted octanol–water partition coefficient (Wildman–Crippen LogP) is 3.48. The quantitative estimate of drug-likeness (QED) is 0.0975. The van der Waals surface area contributed by atoms with E-state index in [1.54, 1.807) is 13.0 Å². The van der Waals surface area contributed by atoms with Gasteiger partial charge in [-0.3, -0.25) is 9.89 Å². The summed E-state index contributed by atoms with van der Waals surface area (Å²) in [6.07, 6.45) is 1.14. The number of carbonyl (C=O) groups is 1. The monoisotopic (exact) mass is 543 g/mol. The Morgan fingerprint density at radius 2 is 1.97 bits per heavy atom. The lowest BCUT2D eigenvalue weighted by Gasteiger charge is -2.33.